The monoisotopic (exact) mass is 273 g/mol. The highest BCUT2D eigenvalue weighted by Gasteiger charge is 2.02. The predicted octanol–water partition coefficient (Wildman–Crippen LogP) is 2.57. The second-order valence-electron chi connectivity index (χ2n) is 4.34. The Kier molecular flexibility index (Phi) is 5.26. The van der Waals surface area contributed by atoms with Crippen molar-refractivity contribution in [2.24, 2.45) is 0 Å². The van der Waals surface area contributed by atoms with Gasteiger partial charge in [0.05, 0.1) is 7.11 Å². The third-order valence-corrected chi connectivity index (χ3v) is 2.86. The average molecular weight is 273 g/mol. The van der Waals surface area contributed by atoms with Crippen LogP contribution in [0.4, 0.5) is 0 Å². The molecule has 0 heterocycles. The number of ether oxygens (including phenoxy) is 2. The molecule has 0 aromatic heterocycles. The summed E-state index contributed by atoms with van der Waals surface area (Å²) in [5, 5.41) is 12.9. The van der Waals surface area contributed by atoms with Gasteiger partial charge < -0.3 is 19.9 Å². The quantitative estimate of drug-likeness (QED) is 0.761. The minimum absolute atomic E-state index is 0.160. The minimum atomic E-state index is 0.160. The number of rotatable bonds is 7. The molecular formula is C16H19NO3. The van der Waals surface area contributed by atoms with E-state index in [0.717, 1.165) is 17.9 Å². The maximum atomic E-state index is 9.67. The van der Waals surface area contributed by atoms with E-state index in [0.29, 0.717) is 18.9 Å². The zero-order chi connectivity index (χ0) is 14.2. The summed E-state index contributed by atoms with van der Waals surface area (Å²) in [6.07, 6.45) is 0. The normalized spacial score (nSPS) is 10.2. The Balaban J connectivity index is 1.69. The molecule has 0 amide bonds. The van der Waals surface area contributed by atoms with Crippen LogP contribution < -0.4 is 14.8 Å². The van der Waals surface area contributed by atoms with Gasteiger partial charge in [0.25, 0.3) is 0 Å². The Bertz CT molecular complexity index is 529. The third-order valence-electron chi connectivity index (χ3n) is 2.86. The molecule has 2 rings (SSSR count). The third kappa shape index (κ3) is 4.17. The first kappa shape index (κ1) is 14.2. The fraction of sp³-hybridized carbons (Fsp3) is 0.250. The van der Waals surface area contributed by atoms with Gasteiger partial charge in [-0.3, -0.25) is 0 Å². The van der Waals surface area contributed by atoms with E-state index < -0.39 is 0 Å². The molecule has 4 heteroatoms. The summed E-state index contributed by atoms with van der Waals surface area (Å²) in [6, 6.07) is 15.1. The highest BCUT2D eigenvalue weighted by Crippen LogP contribution is 2.25. The number of hydrogen-bond acceptors (Lipinski definition) is 4. The van der Waals surface area contributed by atoms with E-state index in [4.69, 9.17) is 9.47 Å². The molecule has 2 aromatic carbocycles. The molecule has 0 spiro atoms. The number of phenolic OH excluding ortho intramolecular Hbond substituents is 1. The maximum absolute atomic E-state index is 9.67. The molecule has 0 aliphatic rings. The van der Waals surface area contributed by atoms with Gasteiger partial charge in [-0.2, -0.15) is 0 Å². The summed E-state index contributed by atoms with van der Waals surface area (Å²) in [5.74, 6) is 1.52. The van der Waals surface area contributed by atoms with E-state index in [1.165, 1.54) is 7.11 Å². The molecule has 0 bridgehead atoms. The molecule has 0 aliphatic carbocycles. The summed E-state index contributed by atoms with van der Waals surface area (Å²) in [6.45, 7) is 2.02. The highest BCUT2D eigenvalue weighted by molar-refractivity contribution is 5.41. The van der Waals surface area contributed by atoms with Crippen LogP contribution in [0.3, 0.4) is 0 Å². The summed E-state index contributed by atoms with van der Waals surface area (Å²) in [7, 11) is 1.54. The van der Waals surface area contributed by atoms with Gasteiger partial charge in [0.1, 0.15) is 12.4 Å². The van der Waals surface area contributed by atoms with Crippen molar-refractivity contribution in [1.29, 1.82) is 0 Å². The van der Waals surface area contributed by atoms with Crippen molar-refractivity contribution in [3.63, 3.8) is 0 Å². The van der Waals surface area contributed by atoms with Gasteiger partial charge in [-0.25, -0.2) is 0 Å². The summed E-state index contributed by atoms with van der Waals surface area (Å²) >= 11 is 0. The van der Waals surface area contributed by atoms with Crippen molar-refractivity contribution < 1.29 is 14.6 Å². The Hall–Kier alpha value is -2.20. The van der Waals surface area contributed by atoms with Crippen LogP contribution in [0.1, 0.15) is 5.56 Å². The summed E-state index contributed by atoms with van der Waals surface area (Å²) in [4.78, 5) is 0. The van der Waals surface area contributed by atoms with Crippen LogP contribution in [0.25, 0.3) is 0 Å². The lowest BCUT2D eigenvalue weighted by Gasteiger charge is -2.09. The van der Waals surface area contributed by atoms with Gasteiger partial charge >= 0.3 is 0 Å². The topological polar surface area (TPSA) is 50.7 Å². The van der Waals surface area contributed by atoms with E-state index in [9.17, 15) is 5.11 Å². The molecule has 20 heavy (non-hydrogen) atoms. The van der Waals surface area contributed by atoms with Crippen LogP contribution in [-0.4, -0.2) is 25.4 Å². The van der Waals surface area contributed by atoms with Crippen molar-refractivity contribution in [2.75, 3.05) is 20.3 Å². The molecular weight excluding hydrogens is 254 g/mol. The van der Waals surface area contributed by atoms with Crippen molar-refractivity contribution in [2.45, 2.75) is 6.54 Å². The number of aromatic hydroxyl groups is 1. The van der Waals surface area contributed by atoms with E-state index in [1.54, 1.807) is 12.1 Å². The van der Waals surface area contributed by atoms with Crippen LogP contribution in [0.5, 0.6) is 17.2 Å². The molecule has 0 fully saturated rings. The Morgan fingerprint density at radius 3 is 2.60 bits per heavy atom. The molecule has 0 saturated carbocycles. The van der Waals surface area contributed by atoms with Gasteiger partial charge in [-0.15, -0.1) is 0 Å². The Morgan fingerprint density at radius 2 is 1.90 bits per heavy atom. The van der Waals surface area contributed by atoms with Crippen LogP contribution in [-0.2, 0) is 6.54 Å². The zero-order valence-corrected chi connectivity index (χ0v) is 11.5. The Morgan fingerprint density at radius 1 is 1.10 bits per heavy atom. The number of nitrogens with one attached hydrogen (secondary N) is 1. The average Bonchev–Trinajstić information content (AvgIpc) is 2.48. The fourth-order valence-corrected chi connectivity index (χ4v) is 1.84. The first-order valence-electron chi connectivity index (χ1n) is 6.54. The molecule has 2 aromatic rings. The molecule has 0 aliphatic heterocycles. The number of benzene rings is 2. The lowest BCUT2D eigenvalue weighted by atomic mass is 10.2. The predicted molar refractivity (Wildman–Crippen MR) is 78.3 cm³/mol. The van der Waals surface area contributed by atoms with E-state index in [2.05, 4.69) is 5.32 Å². The number of hydrogen-bond donors (Lipinski definition) is 2. The van der Waals surface area contributed by atoms with Crippen LogP contribution in [0.2, 0.25) is 0 Å². The lowest BCUT2D eigenvalue weighted by molar-refractivity contribution is 0.313. The second-order valence-corrected chi connectivity index (χ2v) is 4.34. The molecule has 0 saturated heterocycles. The molecule has 4 nitrogen and oxygen atoms in total. The van der Waals surface area contributed by atoms with E-state index >= 15 is 0 Å². The van der Waals surface area contributed by atoms with Crippen molar-refractivity contribution in [3.05, 3.63) is 54.1 Å². The number of para-hydroxylation sites is 1. The summed E-state index contributed by atoms with van der Waals surface area (Å²) in [5.41, 5.74) is 1.00. The first-order chi connectivity index (χ1) is 9.79. The second kappa shape index (κ2) is 7.40. The van der Waals surface area contributed by atoms with E-state index in [-0.39, 0.29) is 5.75 Å². The summed E-state index contributed by atoms with van der Waals surface area (Å²) < 4.78 is 10.6. The van der Waals surface area contributed by atoms with Crippen molar-refractivity contribution in [1.82, 2.24) is 5.32 Å². The molecule has 0 atom stereocenters. The van der Waals surface area contributed by atoms with Gasteiger partial charge in [-0.05, 0) is 29.8 Å². The van der Waals surface area contributed by atoms with Gasteiger partial charge in [-0.1, -0.05) is 24.3 Å². The van der Waals surface area contributed by atoms with Crippen molar-refractivity contribution >= 4 is 0 Å². The van der Waals surface area contributed by atoms with Crippen LogP contribution >= 0.6 is 0 Å². The zero-order valence-electron chi connectivity index (χ0n) is 11.5. The smallest absolute Gasteiger partial charge is 0.160 e. The molecule has 0 radical (unpaired) electrons. The molecule has 106 valence electrons. The SMILES string of the molecule is COc1ccc(CNCCOc2ccccc2)cc1O. The van der Waals surface area contributed by atoms with Crippen LogP contribution in [0, 0.1) is 0 Å². The molecule has 2 N–H and O–H groups in total. The maximum Gasteiger partial charge on any atom is 0.160 e. The van der Waals surface area contributed by atoms with Gasteiger partial charge in [0.2, 0.25) is 0 Å². The lowest BCUT2D eigenvalue weighted by Crippen LogP contribution is -2.20. The minimum Gasteiger partial charge on any atom is -0.504 e. The standard InChI is InChI=1S/C16H19NO3/c1-19-16-8-7-13(11-15(16)18)12-17-9-10-20-14-5-3-2-4-6-14/h2-8,11,17-18H,9-10,12H2,1H3. The van der Waals surface area contributed by atoms with Crippen LogP contribution in [0.15, 0.2) is 48.5 Å². The first-order valence-corrected chi connectivity index (χ1v) is 6.54. The highest BCUT2D eigenvalue weighted by atomic mass is 16.5. The van der Waals surface area contributed by atoms with Crippen molar-refractivity contribution in [3.8, 4) is 17.2 Å². The largest absolute Gasteiger partial charge is 0.504 e. The van der Waals surface area contributed by atoms with E-state index in [1.807, 2.05) is 36.4 Å². The van der Waals surface area contributed by atoms with Gasteiger partial charge in [0.15, 0.2) is 11.5 Å². The number of phenols is 1. The van der Waals surface area contributed by atoms with Gasteiger partial charge in [0, 0.05) is 13.1 Å². The number of methoxy groups -OCH3 is 1. The fourth-order valence-electron chi connectivity index (χ4n) is 1.84. The molecule has 0 unspecified atom stereocenters. The Labute approximate surface area is 119 Å².